The van der Waals surface area contributed by atoms with Gasteiger partial charge >= 0.3 is 5.97 Å². The third-order valence-electron chi connectivity index (χ3n) is 0.875. The fourth-order valence-corrected chi connectivity index (χ4v) is 0.464. The van der Waals surface area contributed by atoms with E-state index in [0.29, 0.717) is 0 Å². The SMILES string of the molecule is O=C(O)c1ccoc1O. The Kier molecular flexibility index (Phi) is 1.14. The van der Waals surface area contributed by atoms with Gasteiger partial charge in [0.25, 0.3) is 5.95 Å². The van der Waals surface area contributed by atoms with E-state index >= 15 is 0 Å². The Balaban J connectivity index is 3.08. The molecule has 0 atom stereocenters. The predicted molar refractivity (Wildman–Crippen MR) is 27.3 cm³/mol. The number of hydrogen-bond donors (Lipinski definition) is 2. The summed E-state index contributed by atoms with van der Waals surface area (Å²) in [5.41, 5.74) is -0.213. The number of hydrogen-bond acceptors (Lipinski definition) is 3. The van der Waals surface area contributed by atoms with E-state index in [1.807, 2.05) is 0 Å². The lowest BCUT2D eigenvalue weighted by Crippen LogP contribution is -1.92. The minimum Gasteiger partial charge on any atom is -0.480 e. The van der Waals surface area contributed by atoms with Gasteiger partial charge in [-0.2, -0.15) is 0 Å². The van der Waals surface area contributed by atoms with E-state index in [-0.39, 0.29) is 5.56 Å². The molecule has 9 heavy (non-hydrogen) atoms. The maximum Gasteiger partial charge on any atom is 0.343 e. The molecular weight excluding hydrogens is 124 g/mol. The number of aromatic carboxylic acids is 1. The molecule has 0 amide bonds. The molecule has 4 nitrogen and oxygen atoms in total. The smallest absolute Gasteiger partial charge is 0.343 e. The van der Waals surface area contributed by atoms with E-state index in [2.05, 4.69) is 4.42 Å². The third kappa shape index (κ3) is 0.861. The molecule has 1 aromatic heterocycles. The van der Waals surface area contributed by atoms with Gasteiger partial charge in [0, 0.05) is 0 Å². The summed E-state index contributed by atoms with van der Waals surface area (Å²) in [5, 5.41) is 16.8. The summed E-state index contributed by atoms with van der Waals surface area (Å²) >= 11 is 0. The van der Waals surface area contributed by atoms with E-state index in [1.165, 1.54) is 6.07 Å². The predicted octanol–water partition coefficient (Wildman–Crippen LogP) is 0.683. The van der Waals surface area contributed by atoms with Gasteiger partial charge in [-0.3, -0.25) is 0 Å². The first-order valence-electron chi connectivity index (χ1n) is 2.21. The van der Waals surface area contributed by atoms with Crippen LogP contribution in [0.5, 0.6) is 5.95 Å². The van der Waals surface area contributed by atoms with Crippen LogP contribution in [0.2, 0.25) is 0 Å². The molecule has 0 bridgehead atoms. The van der Waals surface area contributed by atoms with Gasteiger partial charge in [-0.1, -0.05) is 0 Å². The second-order valence-electron chi connectivity index (χ2n) is 1.44. The van der Waals surface area contributed by atoms with Crippen LogP contribution in [0.25, 0.3) is 0 Å². The molecule has 0 saturated carbocycles. The van der Waals surface area contributed by atoms with Crippen molar-refractivity contribution in [3.05, 3.63) is 17.9 Å². The Bertz CT molecular complexity index is 225. The Morgan fingerprint density at radius 1 is 1.67 bits per heavy atom. The van der Waals surface area contributed by atoms with Crippen molar-refractivity contribution < 1.29 is 19.4 Å². The van der Waals surface area contributed by atoms with Crippen LogP contribution in [-0.4, -0.2) is 16.2 Å². The maximum absolute atomic E-state index is 10.1. The van der Waals surface area contributed by atoms with E-state index < -0.39 is 11.9 Å². The summed E-state index contributed by atoms with van der Waals surface area (Å²) in [6.07, 6.45) is 1.11. The number of carbonyl (C=O) groups is 1. The molecule has 0 aliphatic rings. The highest BCUT2D eigenvalue weighted by atomic mass is 16.5. The van der Waals surface area contributed by atoms with E-state index in [1.54, 1.807) is 0 Å². The van der Waals surface area contributed by atoms with Gasteiger partial charge in [0.05, 0.1) is 6.26 Å². The zero-order valence-electron chi connectivity index (χ0n) is 4.37. The first-order chi connectivity index (χ1) is 4.22. The minimum atomic E-state index is -1.19. The highest BCUT2D eigenvalue weighted by molar-refractivity contribution is 5.89. The van der Waals surface area contributed by atoms with Gasteiger partial charge in [-0.05, 0) is 6.07 Å². The summed E-state index contributed by atoms with van der Waals surface area (Å²) < 4.78 is 4.30. The van der Waals surface area contributed by atoms with Gasteiger partial charge in [-0.15, -0.1) is 0 Å². The summed E-state index contributed by atoms with van der Waals surface area (Å²) in [5.74, 6) is -1.75. The number of aromatic hydroxyl groups is 1. The van der Waals surface area contributed by atoms with Gasteiger partial charge in [0.1, 0.15) is 5.56 Å². The lowest BCUT2D eigenvalue weighted by Gasteiger charge is -1.83. The monoisotopic (exact) mass is 128 g/mol. The molecule has 0 aliphatic heterocycles. The lowest BCUT2D eigenvalue weighted by molar-refractivity contribution is 0.0691. The first kappa shape index (κ1) is 5.68. The van der Waals surface area contributed by atoms with Gasteiger partial charge < -0.3 is 14.6 Å². The first-order valence-corrected chi connectivity index (χ1v) is 2.21. The van der Waals surface area contributed by atoms with Crippen LogP contribution in [0.1, 0.15) is 10.4 Å². The quantitative estimate of drug-likeness (QED) is 0.583. The van der Waals surface area contributed by atoms with Crippen LogP contribution < -0.4 is 0 Å². The molecular formula is C5H4O4. The van der Waals surface area contributed by atoms with Crippen LogP contribution in [0.4, 0.5) is 0 Å². The summed E-state index contributed by atoms with van der Waals surface area (Å²) in [6.45, 7) is 0. The Hall–Kier alpha value is -1.45. The fraction of sp³-hybridized carbons (Fsp3) is 0. The molecule has 0 fully saturated rings. The van der Waals surface area contributed by atoms with Crippen molar-refractivity contribution in [3.8, 4) is 5.95 Å². The highest BCUT2D eigenvalue weighted by Gasteiger charge is 2.10. The zero-order chi connectivity index (χ0) is 6.85. The molecule has 0 spiro atoms. The molecule has 1 heterocycles. The topological polar surface area (TPSA) is 70.7 Å². The van der Waals surface area contributed by atoms with Gasteiger partial charge in [-0.25, -0.2) is 4.79 Å². The normalized spacial score (nSPS) is 9.33. The molecule has 0 aliphatic carbocycles. The molecule has 0 radical (unpaired) electrons. The average molecular weight is 128 g/mol. The summed E-state index contributed by atoms with van der Waals surface area (Å²) in [6, 6.07) is 1.18. The minimum absolute atomic E-state index is 0.213. The molecule has 2 N–H and O–H groups in total. The molecule has 1 rings (SSSR count). The number of furan rings is 1. The van der Waals surface area contributed by atoms with Crippen LogP contribution in [0.3, 0.4) is 0 Å². The van der Waals surface area contributed by atoms with Crippen LogP contribution in [0.15, 0.2) is 16.7 Å². The second kappa shape index (κ2) is 1.81. The van der Waals surface area contributed by atoms with Crippen molar-refractivity contribution in [3.63, 3.8) is 0 Å². The van der Waals surface area contributed by atoms with Crippen molar-refractivity contribution in [2.24, 2.45) is 0 Å². The fourth-order valence-electron chi connectivity index (χ4n) is 0.464. The Morgan fingerprint density at radius 3 is 2.56 bits per heavy atom. The van der Waals surface area contributed by atoms with E-state index in [9.17, 15) is 4.79 Å². The van der Waals surface area contributed by atoms with Crippen molar-refractivity contribution in [1.82, 2.24) is 0 Å². The molecule has 1 aromatic rings. The van der Waals surface area contributed by atoms with Crippen molar-refractivity contribution in [2.45, 2.75) is 0 Å². The van der Waals surface area contributed by atoms with Crippen LogP contribution in [0, 0.1) is 0 Å². The van der Waals surface area contributed by atoms with Crippen LogP contribution >= 0.6 is 0 Å². The molecule has 0 unspecified atom stereocenters. The standard InChI is InChI=1S/C5H4O4/c6-4(7)3-1-2-9-5(3)8/h1-2,8H,(H,6,7). The lowest BCUT2D eigenvalue weighted by atomic mass is 10.3. The summed E-state index contributed by atoms with van der Waals surface area (Å²) in [4.78, 5) is 10.1. The number of carboxylic acid groups (broad SMARTS) is 1. The van der Waals surface area contributed by atoms with Crippen molar-refractivity contribution in [1.29, 1.82) is 0 Å². The highest BCUT2D eigenvalue weighted by Crippen LogP contribution is 2.16. The Morgan fingerprint density at radius 2 is 2.33 bits per heavy atom. The van der Waals surface area contributed by atoms with Crippen molar-refractivity contribution in [2.75, 3.05) is 0 Å². The molecule has 0 saturated heterocycles. The number of carboxylic acids is 1. The third-order valence-corrected chi connectivity index (χ3v) is 0.875. The average Bonchev–Trinajstić information content (AvgIpc) is 2.13. The van der Waals surface area contributed by atoms with Gasteiger partial charge in [0.15, 0.2) is 0 Å². The molecule has 0 aromatic carbocycles. The zero-order valence-corrected chi connectivity index (χ0v) is 4.37. The van der Waals surface area contributed by atoms with E-state index in [4.69, 9.17) is 10.2 Å². The Labute approximate surface area is 50.3 Å². The van der Waals surface area contributed by atoms with E-state index in [0.717, 1.165) is 6.26 Å². The van der Waals surface area contributed by atoms with Crippen molar-refractivity contribution >= 4 is 5.97 Å². The maximum atomic E-state index is 10.1. The molecule has 48 valence electrons. The number of rotatable bonds is 1. The second-order valence-corrected chi connectivity index (χ2v) is 1.44. The van der Waals surface area contributed by atoms with Crippen LogP contribution in [-0.2, 0) is 0 Å². The summed E-state index contributed by atoms with van der Waals surface area (Å²) in [7, 11) is 0. The largest absolute Gasteiger partial charge is 0.480 e. The van der Waals surface area contributed by atoms with Gasteiger partial charge in [0.2, 0.25) is 0 Å². The molecule has 4 heteroatoms.